The van der Waals surface area contributed by atoms with Gasteiger partial charge in [-0.2, -0.15) is 0 Å². The summed E-state index contributed by atoms with van der Waals surface area (Å²) in [5.41, 5.74) is 1.58. The molecule has 7 nitrogen and oxygen atoms in total. The number of nitrogens with zero attached hydrogens (tertiary/aromatic N) is 3. The largest absolute Gasteiger partial charge is 0.462 e. The molecule has 2 aromatic carbocycles. The monoisotopic (exact) mass is 349 g/mol. The van der Waals surface area contributed by atoms with E-state index in [1.54, 1.807) is 19.1 Å². The highest BCUT2D eigenvalue weighted by atomic mass is 16.6. The number of ether oxygens (including phenoxy) is 1. The summed E-state index contributed by atoms with van der Waals surface area (Å²) in [5.74, 6) is -0.159. The van der Waals surface area contributed by atoms with Gasteiger partial charge in [0.25, 0.3) is 5.69 Å². The second-order valence-electron chi connectivity index (χ2n) is 5.35. The molecular weight excluding hydrogens is 334 g/mol. The van der Waals surface area contributed by atoms with Crippen LogP contribution in [0, 0.1) is 10.1 Å². The zero-order valence-corrected chi connectivity index (χ0v) is 14.0. The van der Waals surface area contributed by atoms with E-state index in [0.717, 1.165) is 5.56 Å². The van der Waals surface area contributed by atoms with Gasteiger partial charge >= 0.3 is 5.97 Å². The lowest BCUT2D eigenvalue weighted by Crippen LogP contribution is -2.09. The second kappa shape index (κ2) is 7.52. The smallest absolute Gasteiger partial charge is 0.341 e. The van der Waals surface area contributed by atoms with Crippen molar-refractivity contribution < 1.29 is 14.5 Å². The van der Waals surface area contributed by atoms with Crippen LogP contribution in [-0.4, -0.2) is 27.5 Å². The average Bonchev–Trinajstić information content (AvgIpc) is 2.68. The first-order valence-corrected chi connectivity index (χ1v) is 7.94. The first kappa shape index (κ1) is 17.2. The molecule has 7 heteroatoms. The highest BCUT2D eigenvalue weighted by Crippen LogP contribution is 2.27. The minimum Gasteiger partial charge on any atom is -0.462 e. The lowest BCUT2D eigenvalue weighted by atomic mass is 10.1. The number of rotatable bonds is 5. The Labute approximate surface area is 149 Å². The van der Waals surface area contributed by atoms with E-state index in [9.17, 15) is 14.9 Å². The fourth-order valence-electron chi connectivity index (χ4n) is 2.45. The van der Waals surface area contributed by atoms with Crippen molar-refractivity contribution in [2.75, 3.05) is 6.61 Å². The normalized spacial score (nSPS) is 10.3. The minimum atomic E-state index is -0.575. The lowest BCUT2D eigenvalue weighted by Gasteiger charge is -2.10. The second-order valence-corrected chi connectivity index (χ2v) is 5.35. The van der Waals surface area contributed by atoms with E-state index in [-0.39, 0.29) is 17.9 Å². The number of carbonyl (C=O) groups is 1. The Morgan fingerprint density at radius 2 is 1.85 bits per heavy atom. The zero-order chi connectivity index (χ0) is 18.5. The van der Waals surface area contributed by atoms with Gasteiger partial charge in [0.1, 0.15) is 5.56 Å². The molecule has 0 aliphatic carbocycles. The third-order valence-corrected chi connectivity index (χ3v) is 3.65. The molecule has 3 aromatic rings. The Morgan fingerprint density at radius 1 is 1.12 bits per heavy atom. The first-order chi connectivity index (χ1) is 12.6. The highest BCUT2D eigenvalue weighted by molar-refractivity contribution is 5.96. The number of benzene rings is 2. The fraction of sp³-hybridized carbons (Fsp3) is 0.105. The van der Waals surface area contributed by atoms with Crippen molar-refractivity contribution in [3.63, 3.8) is 0 Å². The van der Waals surface area contributed by atoms with Crippen LogP contribution < -0.4 is 0 Å². The number of hydrogen-bond acceptors (Lipinski definition) is 6. The molecule has 1 heterocycles. The van der Waals surface area contributed by atoms with Gasteiger partial charge < -0.3 is 4.74 Å². The van der Waals surface area contributed by atoms with Crippen LogP contribution in [0.4, 0.5) is 5.69 Å². The summed E-state index contributed by atoms with van der Waals surface area (Å²) in [4.78, 5) is 31.6. The number of carbonyl (C=O) groups excluding carboxylic acids is 1. The summed E-state index contributed by atoms with van der Waals surface area (Å²) in [6, 6.07) is 15.2. The Bertz CT molecular complexity index is 958. The maximum atomic E-state index is 12.3. The molecule has 26 heavy (non-hydrogen) atoms. The summed E-state index contributed by atoms with van der Waals surface area (Å²) in [6.07, 6.45) is 1.39. The SMILES string of the molecule is CCOC(=O)c1cnc(-c2ccccc2)nc1-c1cccc([N+](=O)[O-])c1. The maximum Gasteiger partial charge on any atom is 0.341 e. The summed E-state index contributed by atoms with van der Waals surface area (Å²) >= 11 is 0. The van der Waals surface area contributed by atoms with Crippen LogP contribution in [0.2, 0.25) is 0 Å². The molecule has 3 rings (SSSR count). The molecule has 0 aliphatic heterocycles. The summed E-state index contributed by atoms with van der Waals surface area (Å²) in [7, 11) is 0. The van der Waals surface area contributed by atoms with Gasteiger partial charge in [-0.05, 0) is 6.92 Å². The Hall–Kier alpha value is -3.61. The van der Waals surface area contributed by atoms with E-state index in [1.165, 1.54) is 18.3 Å². The lowest BCUT2D eigenvalue weighted by molar-refractivity contribution is -0.384. The van der Waals surface area contributed by atoms with Crippen LogP contribution in [0.3, 0.4) is 0 Å². The van der Waals surface area contributed by atoms with Gasteiger partial charge in [-0.25, -0.2) is 14.8 Å². The molecule has 0 saturated heterocycles. The van der Waals surface area contributed by atoms with Gasteiger partial charge in [0.2, 0.25) is 0 Å². The van der Waals surface area contributed by atoms with Crippen molar-refractivity contribution in [3.05, 3.63) is 76.5 Å². The molecular formula is C19H15N3O4. The first-order valence-electron chi connectivity index (χ1n) is 7.94. The van der Waals surface area contributed by atoms with Crippen LogP contribution >= 0.6 is 0 Å². The molecule has 0 N–H and O–H groups in total. The van der Waals surface area contributed by atoms with Crippen LogP contribution in [0.1, 0.15) is 17.3 Å². The van der Waals surface area contributed by atoms with Crippen molar-refractivity contribution in [2.45, 2.75) is 6.92 Å². The molecule has 0 atom stereocenters. The molecule has 0 fully saturated rings. The van der Waals surface area contributed by atoms with E-state index in [4.69, 9.17) is 4.74 Å². The predicted octanol–water partition coefficient (Wildman–Crippen LogP) is 3.90. The van der Waals surface area contributed by atoms with Crippen LogP contribution in [-0.2, 0) is 4.74 Å². The van der Waals surface area contributed by atoms with Gasteiger partial charge in [0.15, 0.2) is 5.82 Å². The van der Waals surface area contributed by atoms with Crippen molar-refractivity contribution in [2.24, 2.45) is 0 Å². The third kappa shape index (κ3) is 3.56. The topological polar surface area (TPSA) is 95.2 Å². The van der Waals surface area contributed by atoms with E-state index in [2.05, 4.69) is 9.97 Å². The minimum absolute atomic E-state index is 0.0859. The summed E-state index contributed by atoms with van der Waals surface area (Å²) in [5, 5.41) is 11.1. The van der Waals surface area contributed by atoms with E-state index >= 15 is 0 Å². The number of aromatic nitrogens is 2. The zero-order valence-electron chi connectivity index (χ0n) is 14.0. The standard InChI is InChI=1S/C19H15N3O4/c1-2-26-19(23)16-12-20-18(13-7-4-3-5-8-13)21-17(16)14-9-6-10-15(11-14)22(24)25/h3-12H,2H2,1H3. The molecule has 130 valence electrons. The number of nitro benzene ring substituents is 1. The van der Waals surface area contributed by atoms with Gasteiger partial charge in [-0.1, -0.05) is 42.5 Å². The Morgan fingerprint density at radius 3 is 2.54 bits per heavy atom. The Kier molecular flexibility index (Phi) is 4.98. The fourth-order valence-corrected chi connectivity index (χ4v) is 2.45. The molecule has 0 radical (unpaired) electrons. The van der Waals surface area contributed by atoms with E-state index in [0.29, 0.717) is 17.1 Å². The van der Waals surface area contributed by atoms with Gasteiger partial charge in [0.05, 0.1) is 17.2 Å². The predicted molar refractivity (Wildman–Crippen MR) is 95.5 cm³/mol. The average molecular weight is 349 g/mol. The molecule has 0 unspecified atom stereocenters. The maximum absolute atomic E-state index is 12.3. The van der Waals surface area contributed by atoms with Crippen LogP contribution in [0.15, 0.2) is 60.8 Å². The summed E-state index contributed by atoms with van der Waals surface area (Å²) < 4.78 is 5.06. The summed E-state index contributed by atoms with van der Waals surface area (Å²) in [6.45, 7) is 1.90. The van der Waals surface area contributed by atoms with Crippen LogP contribution in [0.25, 0.3) is 22.6 Å². The van der Waals surface area contributed by atoms with Gasteiger partial charge in [-0.3, -0.25) is 10.1 Å². The molecule has 0 aliphatic rings. The Balaban J connectivity index is 2.17. The molecule has 0 saturated carbocycles. The third-order valence-electron chi connectivity index (χ3n) is 3.65. The molecule has 0 spiro atoms. The quantitative estimate of drug-likeness (QED) is 0.394. The number of nitro groups is 1. The number of esters is 1. The van der Waals surface area contributed by atoms with Crippen molar-refractivity contribution in [3.8, 4) is 22.6 Å². The molecule has 0 bridgehead atoms. The number of hydrogen-bond donors (Lipinski definition) is 0. The van der Waals surface area contributed by atoms with Crippen molar-refractivity contribution in [1.82, 2.24) is 9.97 Å². The molecule has 1 aromatic heterocycles. The number of non-ortho nitro benzene ring substituents is 1. The van der Waals surface area contributed by atoms with Gasteiger partial charge in [-0.15, -0.1) is 0 Å². The van der Waals surface area contributed by atoms with Gasteiger partial charge in [0, 0.05) is 29.5 Å². The van der Waals surface area contributed by atoms with Crippen molar-refractivity contribution >= 4 is 11.7 Å². The van der Waals surface area contributed by atoms with Crippen molar-refractivity contribution in [1.29, 1.82) is 0 Å². The van der Waals surface area contributed by atoms with E-state index in [1.807, 2.05) is 30.3 Å². The van der Waals surface area contributed by atoms with E-state index < -0.39 is 10.9 Å². The highest BCUT2D eigenvalue weighted by Gasteiger charge is 2.19. The molecule has 0 amide bonds. The van der Waals surface area contributed by atoms with Crippen LogP contribution in [0.5, 0.6) is 0 Å².